The Morgan fingerprint density at radius 2 is 1.96 bits per heavy atom. The highest BCUT2D eigenvalue weighted by atomic mass is 16.2. The number of aromatic nitrogens is 2. The highest BCUT2D eigenvalue weighted by Gasteiger charge is 2.14. The Hall–Kier alpha value is -3.48. The first-order chi connectivity index (χ1) is 12.5. The second-order valence-corrected chi connectivity index (χ2v) is 5.86. The molecular weight excluding hydrogens is 330 g/mol. The van der Waals surface area contributed by atoms with Gasteiger partial charge in [0.05, 0.1) is 0 Å². The minimum atomic E-state index is -0.758. The number of rotatable bonds is 3. The van der Waals surface area contributed by atoms with Gasteiger partial charge in [-0.1, -0.05) is 0 Å². The predicted octanol–water partition coefficient (Wildman–Crippen LogP) is 2.26. The van der Waals surface area contributed by atoms with E-state index in [1.54, 1.807) is 31.6 Å². The summed E-state index contributed by atoms with van der Waals surface area (Å²) in [6.07, 6.45) is 5.11. The first-order valence-corrected chi connectivity index (χ1v) is 8.19. The summed E-state index contributed by atoms with van der Waals surface area (Å²) in [7, 11) is 0. The van der Waals surface area contributed by atoms with Crippen molar-refractivity contribution in [3.63, 3.8) is 0 Å². The zero-order valence-corrected chi connectivity index (χ0v) is 14.5. The van der Waals surface area contributed by atoms with Gasteiger partial charge in [-0.2, -0.15) is 0 Å². The van der Waals surface area contributed by atoms with Crippen LogP contribution >= 0.6 is 0 Å². The molecule has 4 N–H and O–H groups in total. The molecular formula is C19H19N5O2. The van der Waals surface area contributed by atoms with E-state index in [4.69, 9.17) is 5.73 Å². The molecule has 7 nitrogen and oxygen atoms in total. The highest BCUT2D eigenvalue weighted by Crippen LogP contribution is 2.31. The lowest BCUT2D eigenvalue weighted by Gasteiger charge is -2.11. The molecule has 0 aliphatic carbocycles. The number of amides is 2. The Kier molecular flexibility index (Phi) is 4.79. The fraction of sp³-hybridized carbons (Fsp3) is 0.158. The summed E-state index contributed by atoms with van der Waals surface area (Å²) in [5.41, 5.74) is 9.73. The number of nitrogens with zero attached hydrogens (tertiary/aromatic N) is 2. The molecule has 7 heteroatoms. The molecule has 0 radical (unpaired) electrons. The lowest BCUT2D eigenvalue weighted by atomic mass is 9.99. The van der Waals surface area contributed by atoms with E-state index in [2.05, 4.69) is 20.6 Å². The summed E-state index contributed by atoms with van der Waals surface area (Å²) in [4.78, 5) is 31.7. The van der Waals surface area contributed by atoms with Crippen molar-refractivity contribution in [2.45, 2.75) is 13.8 Å². The number of carbonyl (C=O) groups excluding carboxylic acids is 2. The molecule has 26 heavy (non-hydrogen) atoms. The molecule has 0 unspecified atom stereocenters. The summed E-state index contributed by atoms with van der Waals surface area (Å²) in [5.74, 6) is -1.17. The number of hydrogen-bond acceptors (Lipinski definition) is 5. The van der Waals surface area contributed by atoms with Gasteiger partial charge < -0.3 is 16.4 Å². The van der Waals surface area contributed by atoms with Gasteiger partial charge >= 0.3 is 11.8 Å². The van der Waals surface area contributed by atoms with Crippen LogP contribution in [0.5, 0.6) is 0 Å². The Balaban J connectivity index is 1.99. The zero-order chi connectivity index (χ0) is 18.7. The van der Waals surface area contributed by atoms with Gasteiger partial charge in [-0.25, -0.2) is 4.98 Å². The van der Waals surface area contributed by atoms with Crippen LogP contribution in [0.3, 0.4) is 0 Å². The molecule has 0 fully saturated rings. The molecule has 0 aliphatic rings. The second-order valence-electron chi connectivity index (χ2n) is 5.86. The van der Waals surface area contributed by atoms with Crippen molar-refractivity contribution in [1.82, 2.24) is 15.3 Å². The summed E-state index contributed by atoms with van der Waals surface area (Å²) < 4.78 is 0. The third-order valence-corrected chi connectivity index (χ3v) is 4.00. The van der Waals surface area contributed by atoms with Crippen molar-refractivity contribution in [3.8, 4) is 11.1 Å². The van der Waals surface area contributed by atoms with Crippen LogP contribution in [0.2, 0.25) is 0 Å². The Morgan fingerprint density at radius 3 is 2.69 bits per heavy atom. The van der Waals surface area contributed by atoms with Gasteiger partial charge in [0.2, 0.25) is 0 Å². The topological polar surface area (TPSA) is 110 Å². The maximum Gasteiger partial charge on any atom is 0.314 e. The Labute approximate surface area is 150 Å². The predicted molar refractivity (Wildman–Crippen MR) is 101 cm³/mol. The summed E-state index contributed by atoms with van der Waals surface area (Å²) in [6.45, 7) is 4.12. The van der Waals surface area contributed by atoms with Crippen LogP contribution in [0.25, 0.3) is 21.9 Å². The minimum absolute atomic E-state index is 0.285. The lowest BCUT2D eigenvalue weighted by molar-refractivity contribution is -0.136. The fourth-order valence-corrected chi connectivity index (χ4v) is 2.69. The van der Waals surface area contributed by atoms with Gasteiger partial charge in [0.25, 0.3) is 0 Å². The number of benzene rings is 1. The minimum Gasteiger partial charge on any atom is -0.398 e. The van der Waals surface area contributed by atoms with Crippen molar-refractivity contribution >= 4 is 34.1 Å². The third kappa shape index (κ3) is 3.46. The first kappa shape index (κ1) is 17.3. The van der Waals surface area contributed by atoms with Gasteiger partial charge in [0.15, 0.2) is 0 Å². The van der Waals surface area contributed by atoms with Crippen LogP contribution in [-0.2, 0) is 9.59 Å². The van der Waals surface area contributed by atoms with Gasteiger partial charge in [0, 0.05) is 41.8 Å². The van der Waals surface area contributed by atoms with Gasteiger partial charge in [-0.15, -0.1) is 0 Å². The van der Waals surface area contributed by atoms with E-state index in [0.717, 1.165) is 27.5 Å². The van der Waals surface area contributed by atoms with Crippen LogP contribution in [0.4, 0.5) is 11.5 Å². The SMILES string of the molecule is CCNC(=O)C(=O)Nc1cc2cc(-c3cnccc3C)cc(N)c2cn1. The van der Waals surface area contributed by atoms with Gasteiger partial charge in [0.1, 0.15) is 5.82 Å². The van der Waals surface area contributed by atoms with Gasteiger partial charge in [-0.3, -0.25) is 14.6 Å². The van der Waals surface area contributed by atoms with Crippen molar-refractivity contribution in [3.05, 3.63) is 48.4 Å². The monoisotopic (exact) mass is 349 g/mol. The van der Waals surface area contributed by atoms with Crippen LogP contribution in [0.1, 0.15) is 12.5 Å². The molecule has 3 rings (SSSR count). The van der Waals surface area contributed by atoms with E-state index in [1.807, 2.05) is 25.1 Å². The molecule has 0 saturated heterocycles. The zero-order valence-electron chi connectivity index (χ0n) is 14.5. The van der Waals surface area contributed by atoms with Crippen molar-refractivity contribution in [1.29, 1.82) is 0 Å². The smallest absolute Gasteiger partial charge is 0.314 e. The Bertz CT molecular complexity index is 1000. The summed E-state index contributed by atoms with van der Waals surface area (Å²) in [6, 6.07) is 7.46. The molecule has 2 heterocycles. The van der Waals surface area contributed by atoms with E-state index in [-0.39, 0.29) is 5.82 Å². The number of pyridine rings is 2. The number of likely N-dealkylation sites (N-methyl/N-ethyl adjacent to an activating group) is 1. The second kappa shape index (κ2) is 7.18. The van der Waals surface area contributed by atoms with E-state index in [1.165, 1.54) is 0 Å². The number of hydrogen-bond donors (Lipinski definition) is 3. The average Bonchev–Trinajstić information content (AvgIpc) is 2.62. The maximum atomic E-state index is 11.8. The van der Waals surface area contributed by atoms with Crippen molar-refractivity contribution in [2.24, 2.45) is 0 Å². The maximum absolute atomic E-state index is 11.8. The number of nitrogen functional groups attached to an aromatic ring is 1. The highest BCUT2D eigenvalue weighted by molar-refractivity contribution is 6.39. The quantitative estimate of drug-likeness (QED) is 0.496. The van der Waals surface area contributed by atoms with Crippen LogP contribution in [0.15, 0.2) is 42.9 Å². The van der Waals surface area contributed by atoms with E-state index >= 15 is 0 Å². The molecule has 0 atom stereocenters. The number of nitrogens with one attached hydrogen (secondary N) is 2. The van der Waals surface area contributed by atoms with Crippen molar-refractivity contribution in [2.75, 3.05) is 17.6 Å². The third-order valence-electron chi connectivity index (χ3n) is 4.00. The van der Waals surface area contributed by atoms with Crippen LogP contribution in [0, 0.1) is 6.92 Å². The molecule has 0 bridgehead atoms. The summed E-state index contributed by atoms with van der Waals surface area (Å²) >= 11 is 0. The number of nitrogens with two attached hydrogens (primary N) is 1. The molecule has 3 aromatic rings. The van der Waals surface area contributed by atoms with Crippen LogP contribution < -0.4 is 16.4 Å². The number of anilines is 2. The first-order valence-electron chi connectivity index (χ1n) is 8.19. The van der Waals surface area contributed by atoms with E-state index in [9.17, 15) is 9.59 Å². The molecule has 2 amide bonds. The van der Waals surface area contributed by atoms with E-state index in [0.29, 0.717) is 12.2 Å². The molecule has 0 saturated carbocycles. The molecule has 132 valence electrons. The molecule has 2 aromatic heterocycles. The average molecular weight is 349 g/mol. The van der Waals surface area contributed by atoms with Crippen molar-refractivity contribution < 1.29 is 9.59 Å². The van der Waals surface area contributed by atoms with Gasteiger partial charge in [-0.05, 0) is 54.6 Å². The largest absolute Gasteiger partial charge is 0.398 e. The Morgan fingerprint density at radius 1 is 1.15 bits per heavy atom. The fourth-order valence-electron chi connectivity index (χ4n) is 2.69. The van der Waals surface area contributed by atoms with E-state index < -0.39 is 11.8 Å². The standard InChI is InChI=1S/C19H19N5O2/c1-3-22-18(25)19(26)24-17-8-13-6-12(7-16(20)15(13)10-23-17)14-9-21-5-4-11(14)2/h4-10H,3,20H2,1-2H3,(H,22,25)(H,23,24,26). The molecule has 0 spiro atoms. The number of fused-ring (bicyclic) bond motifs is 1. The molecule has 0 aliphatic heterocycles. The summed E-state index contributed by atoms with van der Waals surface area (Å²) in [5, 5.41) is 6.52. The lowest BCUT2D eigenvalue weighted by Crippen LogP contribution is -2.35. The number of aryl methyl sites for hydroxylation is 1. The normalized spacial score (nSPS) is 10.5. The number of carbonyl (C=O) groups is 2. The molecule has 1 aromatic carbocycles. The van der Waals surface area contributed by atoms with Crippen LogP contribution in [-0.4, -0.2) is 28.3 Å².